The summed E-state index contributed by atoms with van der Waals surface area (Å²) in [5, 5.41) is 21.0. The fraction of sp³-hybridized carbons (Fsp3) is 0.621. The molecule has 0 N–H and O–H groups in total. The molecule has 0 heterocycles. The van der Waals surface area contributed by atoms with Crippen LogP contribution in [0.3, 0.4) is 0 Å². The first-order chi connectivity index (χ1) is 45.9. The van der Waals surface area contributed by atoms with Crippen molar-refractivity contribution in [2.75, 3.05) is 0 Å². The van der Waals surface area contributed by atoms with Crippen LogP contribution in [0.1, 0.15) is 335 Å². The van der Waals surface area contributed by atoms with Gasteiger partial charge in [0, 0.05) is 10.8 Å². The van der Waals surface area contributed by atoms with E-state index in [1.54, 1.807) is 0 Å². The summed E-state index contributed by atoms with van der Waals surface area (Å²) in [6.07, 6.45) is 22.5. The molecular weight excluding hydrogens is 1480 g/mol. The first kappa shape index (κ1) is 107. The van der Waals surface area contributed by atoms with Crippen molar-refractivity contribution in [2.24, 2.45) is 0 Å². The summed E-state index contributed by atoms with van der Waals surface area (Å²) < 4.78 is 0. The minimum atomic E-state index is -1.62. The normalized spacial score (nSPS) is 12.8. The van der Waals surface area contributed by atoms with Crippen LogP contribution in [0.25, 0.3) is 0 Å². The Labute approximate surface area is 695 Å². The van der Waals surface area contributed by atoms with E-state index >= 15 is 0 Å². The van der Waals surface area contributed by atoms with Gasteiger partial charge in [-0.3, -0.25) is 0 Å². The Morgan fingerprint density at radius 3 is 0.457 bits per heavy atom. The predicted molar refractivity (Wildman–Crippen MR) is 480 cm³/mol. The molecule has 5 aromatic rings. The third kappa shape index (κ3) is 27.4. The van der Waals surface area contributed by atoms with Crippen molar-refractivity contribution in [1.82, 2.24) is 0 Å². The molecule has 0 fully saturated rings. The molecule has 5 rings (SSSR count). The van der Waals surface area contributed by atoms with Gasteiger partial charge in [-0.2, -0.15) is 0 Å². The average Bonchev–Trinajstić information content (AvgIpc) is 0.744. The van der Waals surface area contributed by atoms with Gasteiger partial charge in [0.1, 0.15) is 47.7 Å². The third-order valence-electron chi connectivity index (χ3n) is 22.5. The fourth-order valence-corrected chi connectivity index (χ4v) is 36.6. The van der Waals surface area contributed by atoms with Gasteiger partial charge in [-0.1, -0.05) is 327 Å². The Kier molecular flexibility index (Phi) is 42.0. The molecule has 0 saturated carbocycles. The van der Waals surface area contributed by atoms with Gasteiger partial charge in [-0.15, -0.1) is 0 Å². The zero-order valence-corrected chi connectivity index (χ0v) is 84.4. The van der Waals surface area contributed by atoms with E-state index in [2.05, 4.69) is 404 Å². The molecule has 0 unspecified atom stereocenters. The summed E-state index contributed by atoms with van der Waals surface area (Å²) in [5.74, 6) is 0. The van der Waals surface area contributed by atoms with E-state index in [0.717, 1.165) is 0 Å². The second-order valence-electron chi connectivity index (χ2n) is 41.1. The maximum absolute atomic E-state index is 7.51. The van der Waals surface area contributed by atoms with Crippen LogP contribution in [0.5, 0.6) is 0 Å². The summed E-state index contributed by atoms with van der Waals surface area (Å²) in [5.41, 5.74) is 25.7. The molecule has 0 radical (unpaired) electrons. The van der Waals surface area contributed by atoms with Gasteiger partial charge in [-0.25, -0.2) is 0 Å². The van der Waals surface area contributed by atoms with Crippen LogP contribution in [-0.4, -0.2) is 47.3 Å². The van der Waals surface area contributed by atoms with Gasteiger partial charge in [0.05, 0.1) is 24.2 Å². The first-order valence-corrected chi connectivity index (χ1v) is 48.6. The summed E-state index contributed by atoms with van der Waals surface area (Å²) in [7, 11) is -7.99. The van der Waals surface area contributed by atoms with Crippen molar-refractivity contribution in [1.29, 1.82) is 10.8 Å². The van der Waals surface area contributed by atoms with Gasteiger partial charge < -0.3 is 52.9 Å². The largest absolute Gasteiger partial charge is 2.00 e. The Hall–Kier alpha value is -2.52. The van der Waals surface area contributed by atoms with Crippen LogP contribution < -0.4 is 48.8 Å². The smallest absolute Gasteiger partial charge is 1.00 e. The van der Waals surface area contributed by atoms with Crippen LogP contribution in [0, 0.1) is 46.7 Å². The minimum absolute atomic E-state index is 0. The molecule has 10 heteroatoms. The molecule has 2 nitrogen and oxygen atoms in total. The van der Waals surface area contributed by atoms with Crippen LogP contribution in [0.15, 0.2) is 97.1 Å². The van der Waals surface area contributed by atoms with Crippen LogP contribution in [0.4, 0.5) is 0 Å². The van der Waals surface area contributed by atoms with Crippen molar-refractivity contribution >= 4 is 94.9 Å². The van der Waals surface area contributed by atoms with Gasteiger partial charge >= 0.3 is 40.1 Å². The molecule has 0 bridgehead atoms. The Balaban J connectivity index is -0.00000206. The first-order valence-electron chi connectivity index (χ1n) is 38.9. The monoisotopic (exact) mass is 1630 g/mol. The Morgan fingerprint density at radius 2 is 0.381 bits per heavy atom. The van der Waals surface area contributed by atoms with Crippen molar-refractivity contribution in [3.05, 3.63) is 161 Å². The van der Waals surface area contributed by atoms with E-state index in [1.807, 2.05) is 0 Å². The van der Waals surface area contributed by atoms with Crippen molar-refractivity contribution < 1.29 is 34.1 Å². The van der Waals surface area contributed by atoms with Crippen molar-refractivity contribution in [3.8, 4) is 16.6 Å². The third-order valence-corrected chi connectivity index (χ3v) is 46.7. The summed E-state index contributed by atoms with van der Waals surface area (Å²) in [6.45, 7) is 97.8. The number of hydrogen-bond donors (Lipinski definition) is 0. The molecule has 0 aliphatic heterocycles. The number of halogens is 1. The molecule has 105 heavy (non-hydrogen) atoms. The summed E-state index contributed by atoms with van der Waals surface area (Å²) in [6, 6.07) is 40.7. The molecule has 0 aliphatic rings. The van der Waals surface area contributed by atoms with Crippen LogP contribution in [0.2, 0.25) is 49.9 Å². The van der Waals surface area contributed by atoms with E-state index in [0.29, 0.717) is 49.9 Å². The second kappa shape index (κ2) is 41.3. The zero-order chi connectivity index (χ0) is 80.4. The van der Waals surface area contributed by atoms with E-state index in [1.165, 1.54) is 76.3 Å². The average molecular weight is 1630 g/mol. The van der Waals surface area contributed by atoms with Gasteiger partial charge in [-0.05, 0) is 198 Å². The predicted octanol–water partition coefficient (Wildman–Crippen LogP) is 23.1. The quantitative estimate of drug-likeness (QED) is 0.0345. The molecule has 0 amide bonds. The maximum Gasteiger partial charge on any atom is 2.00 e. The molecule has 5 aromatic carbocycles. The molecule has 0 spiro atoms. The van der Waals surface area contributed by atoms with Crippen molar-refractivity contribution in [2.45, 2.75) is 384 Å². The van der Waals surface area contributed by atoms with Gasteiger partial charge in [0.25, 0.3) is 0 Å². The van der Waals surface area contributed by atoms with E-state index in [4.69, 9.17) is 30.1 Å². The second-order valence-corrected chi connectivity index (χ2v) is 62.7. The Bertz CT molecular complexity index is 3040. The molecular formula is C95H153BrFeMgN2P2Si3+2. The fourth-order valence-electron chi connectivity index (χ4n) is 15.7. The number of hydrogen-bond acceptors (Lipinski definition) is 2. The van der Waals surface area contributed by atoms with Crippen LogP contribution >= 0.6 is 15.8 Å². The minimum Gasteiger partial charge on any atom is -1.00 e. The maximum atomic E-state index is 7.51. The van der Waals surface area contributed by atoms with Crippen molar-refractivity contribution in [3.63, 3.8) is 0 Å². The van der Waals surface area contributed by atoms with Crippen LogP contribution in [-0.2, 0) is 60.4 Å². The topological polar surface area (TPSA) is 47.6 Å². The van der Waals surface area contributed by atoms with Gasteiger partial charge in [0.15, 0.2) is 0 Å². The standard InChI is InChI=1S/C62H88P2.3C11H21Si.BrH.Fe.Mg.N2/c1-55(2,3)41-29-42(56(4,5)6)34-49(33-41)63(50-35-43(57(7,8)9)30-44(36-50)58(10,11)12)53-27-25-26-28-54(53)64(51-37-45(59(13,14)15)31-46(38-51)60(16,17)18)52-39-47(61(19,20)21)32-48(40-52)62(22,23)24;3*1-8-12(9(2)3,10(4)5)11(6)7;;;;1-2/h25-40H,1-24H3;3*9-11H,2-7H3;1H;;;/q;3*-1;;2*+2;/p+1. The SMILES string of the molecule is CC(C)(C)c1cc([PH+](c2cc(C(C)(C)C)cc(C(C)(C)C)c2)c2ccccc2[PH+](c2cc(C(C)(C)C)cc(C(C)(C)C)c2)c2cc(C(C)(C)C)cc(C(C)(C)C)c2)cc(C(C)(C)C)c1.N#N.[Br-].[C-]#C[Si](C(C)C)(C(C)C)C(C)C.[C-]#C[Si](C(C)C)(C(C)C)C(C)C.[C-]#C[Si](C(C)C)(C(C)C)C(C)C.[Fe+2].[Mg+2]. The van der Waals surface area contributed by atoms with E-state index in [9.17, 15) is 0 Å². The zero-order valence-electron chi connectivity index (χ0n) is 75.3. The molecule has 0 saturated heterocycles. The number of rotatable bonds is 15. The summed E-state index contributed by atoms with van der Waals surface area (Å²) >= 11 is 0. The van der Waals surface area contributed by atoms with Gasteiger partial charge in [0.2, 0.25) is 0 Å². The number of benzene rings is 5. The summed E-state index contributed by atoms with van der Waals surface area (Å²) in [4.78, 5) is 0. The van der Waals surface area contributed by atoms with E-state index in [-0.39, 0.29) is 100 Å². The number of nitrogens with zero attached hydrogens (tertiary/aromatic N) is 2. The molecule has 0 atom stereocenters. The molecule has 580 valence electrons. The molecule has 0 aliphatic carbocycles. The Morgan fingerprint density at radius 1 is 0.267 bits per heavy atom. The van der Waals surface area contributed by atoms with E-state index < -0.39 is 40.1 Å². The molecule has 0 aromatic heterocycles.